The van der Waals surface area contributed by atoms with Gasteiger partial charge in [0.05, 0.1) is 10.7 Å². The molecular weight excluding hydrogens is 625 g/mol. The van der Waals surface area contributed by atoms with Crippen LogP contribution in [0.5, 0.6) is 0 Å². The molecule has 3 N–H and O–H groups in total. The van der Waals surface area contributed by atoms with Crippen LogP contribution in [0, 0.1) is 0 Å². The van der Waals surface area contributed by atoms with E-state index in [0.717, 1.165) is 10.5 Å². The van der Waals surface area contributed by atoms with Gasteiger partial charge in [-0.15, -0.1) is 11.8 Å². The lowest BCUT2D eigenvalue weighted by Crippen LogP contribution is -2.30. The van der Waals surface area contributed by atoms with Crippen LogP contribution in [0.15, 0.2) is 144 Å². The second kappa shape index (κ2) is 15.3. The minimum absolute atomic E-state index is 0.0463. The maximum absolute atomic E-state index is 13.4. The summed E-state index contributed by atoms with van der Waals surface area (Å²) in [6, 6.07) is 39.3. The number of amides is 3. The van der Waals surface area contributed by atoms with Crippen molar-refractivity contribution in [3.8, 4) is 0 Å². The van der Waals surface area contributed by atoms with Crippen molar-refractivity contribution in [3.05, 3.63) is 166 Å². The topological polar surface area (TPSA) is 87.3 Å². The smallest absolute Gasteiger partial charge is 0.272 e. The number of rotatable bonds is 10. The highest BCUT2D eigenvalue weighted by Crippen LogP contribution is 2.37. The first kappa shape index (κ1) is 31.6. The van der Waals surface area contributed by atoms with Gasteiger partial charge in [-0.25, -0.2) is 0 Å². The van der Waals surface area contributed by atoms with Crippen LogP contribution in [0.4, 0.5) is 11.4 Å². The largest absolute Gasteiger partial charge is 0.323 e. The van der Waals surface area contributed by atoms with Crippen LogP contribution in [-0.2, 0) is 9.59 Å². The molecule has 0 aliphatic rings. The Balaban J connectivity index is 1.33. The van der Waals surface area contributed by atoms with Gasteiger partial charge in [-0.3, -0.25) is 14.4 Å². The lowest BCUT2D eigenvalue weighted by atomic mass is 10.1. The van der Waals surface area contributed by atoms with Crippen LogP contribution in [0.25, 0.3) is 6.08 Å². The summed E-state index contributed by atoms with van der Waals surface area (Å²) in [6.45, 7) is 0. The van der Waals surface area contributed by atoms with E-state index in [1.165, 1.54) is 11.8 Å². The Bertz CT molecular complexity index is 1830. The molecule has 3 amide bonds. The number of nitrogens with one attached hydrogen (secondary N) is 3. The van der Waals surface area contributed by atoms with E-state index in [1.807, 2.05) is 54.6 Å². The van der Waals surface area contributed by atoms with Crippen LogP contribution in [0.3, 0.4) is 0 Å². The minimum Gasteiger partial charge on any atom is -0.323 e. The normalized spacial score (nSPS) is 11.7. The van der Waals surface area contributed by atoms with Crippen LogP contribution in [0.2, 0.25) is 10.0 Å². The van der Waals surface area contributed by atoms with Crippen molar-refractivity contribution < 1.29 is 14.4 Å². The highest BCUT2D eigenvalue weighted by molar-refractivity contribution is 8.00. The molecule has 0 aliphatic heterocycles. The predicted octanol–water partition coefficient (Wildman–Crippen LogP) is 8.88. The Hall–Kier alpha value is -4.82. The summed E-state index contributed by atoms with van der Waals surface area (Å²) in [4.78, 5) is 40.6. The molecule has 6 nitrogen and oxygen atoms in total. The van der Waals surface area contributed by atoms with Gasteiger partial charge in [0, 0.05) is 21.2 Å². The Morgan fingerprint density at radius 1 is 0.689 bits per heavy atom. The van der Waals surface area contributed by atoms with E-state index in [1.54, 1.807) is 84.9 Å². The number of carbonyl (C=O) groups excluding carboxylic acids is 3. The molecule has 0 radical (unpaired) electrons. The van der Waals surface area contributed by atoms with Crippen LogP contribution in [0.1, 0.15) is 26.7 Å². The third-order valence-corrected chi connectivity index (χ3v) is 8.36. The van der Waals surface area contributed by atoms with E-state index in [2.05, 4.69) is 16.0 Å². The van der Waals surface area contributed by atoms with Crippen LogP contribution in [-0.4, -0.2) is 17.7 Å². The maximum atomic E-state index is 13.4. The second-order valence-corrected chi connectivity index (χ2v) is 11.8. The third-order valence-electron chi connectivity index (χ3n) is 6.53. The van der Waals surface area contributed by atoms with Gasteiger partial charge in [0.1, 0.15) is 10.9 Å². The Morgan fingerprint density at radius 2 is 1.36 bits per heavy atom. The molecule has 0 fully saturated rings. The average molecular weight is 653 g/mol. The van der Waals surface area contributed by atoms with Gasteiger partial charge in [-0.1, -0.05) is 96.0 Å². The minimum atomic E-state index is -0.566. The fourth-order valence-electron chi connectivity index (χ4n) is 4.32. The van der Waals surface area contributed by atoms with E-state index < -0.39 is 17.1 Å². The first-order valence-electron chi connectivity index (χ1n) is 13.9. The molecule has 5 aromatic rings. The summed E-state index contributed by atoms with van der Waals surface area (Å²) in [5.74, 6) is -1.16. The summed E-state index contributed by atoms with van der Waals surface area (Å²) < 4.78 is 0. The van der Waals surface area contributed by atoms with Crippen molar-refractivity contribution in [2.75, 3.05) is 10.6 Å². The van der Waals surface area contributed by atoms with E-state index in [0.29, 0.717) is 32.5 Å². The van der Waals surface area contributed by atoms with E-state index in [-0.39, 0.29) is 11.6 Å². The number of thioether (sulfide) groups is 1. The lowest BCUT2D eigenvalue weighted by Gasteiger charge is -2.18. The molecule has 5 rings (SSSR count). The van der Waals surface area contributed by atoms with E-state index in [4.69, 9.17) is 23.2 Å². The highest BCUT2D eigenvalue weighted by atomic mass is 35.5. The Kier molecular flexibility index (Phi) is 10.7. The van der Waals surface area contributed by atoms with Crippen molar-refractivity contribution in [3.63, 3.8) is 0 Å². The van der Waals surface area contributed by atoms with Gasteiger partial charge < -0.3 is 16.0 Å². The Labute approximate surface area is 275 Å². The Morgan fingerprint density at radius 3 is 2.04 bits per heavy atom. The number of hydrogen-bond donors (Lipinski definition) is 3. The monoisotopic (exact) mass is 651 g/mol. The van der Waals surface area contributed by atoms with Crippen molar-refractivity contribution in [2.24, 2.45) is 0 Å². The van der Waals surface area contributed by atoms with E-state index >= 15 is 0 Å². The summed E-state index contributed by atoms with van der Waals surface area (Å²) in [5.41, 5.74) is 2.97. The first-order valence-corrected chi connectivity index (χ1v) is 15.5. The number of halogens is 2. The molecule has 5 aromatic carbocycles. The van der Waals surface area contributed by atoms with Crippen molar-refractivity contribution in [1.82, 2.24) is 5.32 Å². The van der Waals surface area contributed by atoms with Crippen LogP contribution < -0.4 is 16.0 Å². The van der Waals surface area contributed by atoms with Gasteiger partial charge in [0.2, 0.25) is 5.91 Å². The molecule has 0 heterocycles. The molecule has 0 aromatic heterocycles. The first-order chi connectivity index (χ1) is 21.9. The van der Waals surface area contributed by atoms with E-state index in [9.17, 15) is 14.4 Å². The zero-order valence-electron chi connectivity index (χ0n) is 23.7. The molecule has 0 aliphatic carbocycles. The van der Waals surface area contributed by atoms with Gasteiger partial charge in [0.25, 0.3) is 11.8 Å². The zero-order chi connectivity index (χ0) is 31.6. The number of hydrogen-bond acceptors (Lipinski definition) is 4. The molecule has 1 atom stereocenters. The summed E-state index contributed by atoms with van der Waals surface area (Å²) in [6.07, 6.45) is 1.56. The third kappa shape index (κ3) is 8.86. The van der Waals surface area contributed by atoms with Gasteiger partial charge in [-0.2, -0.15) is 0 Å². The molecule has 45 heavy (non-hydrogen) atoms. The lowest BCUT2D eigenvalue weighted by molar-refractivity contribution is -0.116. The SMILES string of the molecule is O=C(Nc1ccc(SC(C(=O)Nc2ccccc2Cl)c2ccccc2)cc1)/C(=C/c1cccc(Cl)c1)NC(=O)c1ccccc1. The summed E-state index contributed by atoms with van der Waals surface area (Å²) in [5, 5.41) is 8.89. The molecule has 0 spiro atoms. The van der Waals surface area contributed by atoms with Gasteiger partial charge in [0.15, 0.2) is 0 Å². The zero-order valence-corrected chi connectivity index (χ0v) is 26.1. The summed E-state index contributed by atoms with van der Waals surface area (Å²) in [7, 11) is 0. The number of benzene rings is 5. The highest BCUT2D eigenvalue weighted by Gasteiger charge is 2.23. The van der Waals surface area contributed by atoms with Crippen molar-refractivity contribution >= 4 is 70.1 Å². The number of carbonyl (C=O) groups is 3. The summed E-state index contributed by atoms with van der Waals surface area (Å²) >= 11 is 13.8. The van der Waals surface area contributed by atoms with Crippen LogP contribution >= 0.6 is 35.0 Å². The van der Waals surface area contributed by atoms with Crippen molar-refractivity contribution in [2.45, 2.75) is 10.1 Å². The number of anilines is 2. The van der Waals surface area contributed by atoms with Crippen molar-refractivity contribution in [1.29, 1.82) is 0 Å². The average Bonchev–Trinajstić information content (AvgIpc) is 3.06. The van der Waals surface area contributed by atoms with Gasteiger partial charge >= 0.3 is 0 Å². The quantitative estimate of drug-likeness (QED) is 0.104. The molecule has 0 bridgehead atoms. The molecular formula is C36H27Cl2N3O3S. The fourth-order valence-corrected chi connectivity index (χ4v) is 5.72. The maximum Gasteiger partial charge on any atom is 0.272 e. The second-order valence-electron chi connectivity index (χ2n) is 9.79. The molecule has 9 heteroatoms. The predicted molar refractivity (Wildman–Crippen MR) is 184 cm³/mol. The van der Waals surface area contributed by atoms with Gasteiger partial charge in [-0.05, 0) is 77.9 Å². The standard InChI is InChI=1S/C36H27Cl2N3O3S/c37-27-15-9-10-24(22-27)23-32(41-34(42)26-13-5-2-6-14-26)35(43)39-28-18-20-29(21-19-28)45-33(25-11-3-1-4-12-25)36(44)40-31-17-8-7-16-30(31)38/h1-23,33H,(H,39,43)(H,40,44)(H,41,42)/b32-23-. The number of para-hydroxylation sites is 1. The fraction of sp³-hybridized carbons (Fsp3) is 0.0278. The molecule has 0 saturated carbocycles. The molecule has 0 saturated heterocycles. The molecule has 1 unspecified atom stereocenters. The molecule has 224 valence electrons.